The van der Waals surface area contributed by atoms with E-state index in [4.69, 9.17) is 10.00 Å². The molecule has 0 saturated heterocycles. The Bertz CT molecular complexity index is 612. The lowest BCUT2D eigenvalue weighted by Crippen LogP contribution is -1.93. The monoisotopic (exact) mass is 245 g/mol. The third-order valence-corrected chi connectivity index (χ3v) is 2.39. The Hall–Kier alpha value is -2.41. The van der Waals surface area contributed by atoms with Crippen LogP contribution in [0.25, 0.3) is 0 Å². The van der Waals surface area contributed by atoms with E-state index < -0.39 is 11.6 Å². The molecule has 0 bridgehead atoms. The summed E-state index contributed by atoms with van der Waals surface area (Å²) in [6.07, 6.45) is 0. The number of nitrogens with zero attached hydrogens (tertiary/aromatic N) is 1. The van der Waals surface area contributed by atoms with Gasteiger partial charge in [0, 0.05) is 18.2 Å². The van der Waals surface area contributed by atoms with Crippen molar-refractivity contribution in [1.82, 2.24) is 0 Å². The second kappa shape index (κ2) is 4.84. The number of hydrogen-bond donors (Lipinski definition) is 0. The van der Waals surface area contributed by atoms with Crippen molar-refractivity contribution in [1.29, 1.82) is 5.26 Å². The molecule has 2 rings (SSSR count). The molecule has 90 valence electrons. The summed E-state index contributed by atoms with van der Waals surface area (Å²) in [7, 11) is 0. The average molecular weight is 245 g/mol. The first-order valence-electron chi connectivity index (χ1n) is 5.24. The molecule has 2 nitrogen and oxygen atoms in total. The molecule has 0 aliphatic heterocycles. The molecule has 0 aliphatic rings. The maximum atomic E-state index is 13.0. The molecule has 0 N–H and O–H groups in total. The van der Waals surface area contributed by atoms with Gasteiger partial charge in [0.2, 0.25) is 0 Å². The number of benzene rings is 2. The first kappa shape index (κ1) is 12.1. The van der Waals surface area contributed by atoms with Gasteiger partial charge in [0.1, 0.15) is 29.2 Å². The molecule has 0 atom stereocenters. The summed E-state index contributed by atoms with van der Waals surface area (Å²) >= 11 is 0. The van der Waals surface area contributed by atoms with Crippen LogP contribution in [0.4, 0.5) is 8.78 Å². The van der Waals surface area contributed by atoms with Gasteiger partial charge in [0.05, 0.1) is 5.56 Å². The van der Waals surface area contributed by atoms with Gasteiger partial charge in [-0.25, -0.2) is 8.78 Å². The molecule has 2 aromatic carbocycles. The summed E-state index contributed by atoms with van der Waals surface area (Å²) < 4.78 is 31.4. The topological polar surface area (TPSA) is 33.0 Å². The molecule has 0 fully saturated rings. The predicted octanol–water partition coefficient (Wildman–Crippen LogP) is 3.94. The Kier molecular flexibility index (Phi) is 3.24. The van der Waals surface area contributed by atoms with E-state index in [1.54, 1.807) is 25.1 Å². The minimum atomic E-state index is -0.725. The Morgan fingerprint density at radius 3 is 2.39 bits per heavy atom. The first-order chi connectivity index (χ1) is 8.60. The lowest BCUT2D eigenvalue weighted by atomic mass is 10.1. The third-order valence-electron chi connectivity index (χ3n) is 2.39. The Morgan fingerprint density at radius 2 is 1.78 bits per heavy atom. The van der Waals surface area contributed by atoms with Gasteiger partial charge in [0.15, 0.2) is 0 Å². The maximum Gasteiger partial charge on any atom is 0.148 e. The Morgan fingerprint density at radius 1 is 1.11 bits per heavy atom. The van der Waals surface area contributed by atoms with E-state index in [0.717, 1.165) is 23.8 Å². The van der Waals surface area contributed by atoms with E-state index >= 15 is 0 Å². The summed E-state index contributed by atoms with van der Waals surface area (Å²) in [5.41, 5.74) is 1.04. The number of aryl methyl sites for hydroxylation is 1. The number of rotatable bonds is 2. The fraction of sp³-hybridized carbons (Fsp3) is 0.0714. The summed E-state index contributed by atoms with van der Waals surface area (Å²) in [6.45, 7) is 1.76. The van der Waals surface area contributed by atoms with Gasteiger partial charge >= 0.3 is 0 Å². The minimum Gasteiger partial charge on any atom is -0.455 e. The van der Waals surface area contributed by atoms with Crippen molar-refractivity contribution >= 4 is 0 Å². The van der Waals surface area contributed by atoms with Crippen molar-refractivity contribution in [2.75, 3.05) is 0 Å². The minimum absolute atomic E-state index is 0.0262. The van der Waals surface area contributed by atoms with Gasteiger partial charge in [-0.05, 0) is 18.6 Å². The number of halogens is 2. The zero-order valence-electron chi connectivity index (χ0n) is 9.58. The highest BCUT2D eigenvalue weighted by atomic mass is 19.1. The lowest BCUT2D eigenvalue weighted by Gasteiger charge is -2.10. The molecule has 2 aromatic rings. The van der Waals surface area contributed by atoms with Gasteiger partial charge < -0.3 is 4.74 Å². The van der Waals surface area contributed by atoms with Gasteiger partial charge in [-0.2, -0.15) is 5.26 Å². The van der Waals surface area contributed by atoms with Crippen LogP contribution >= 0.6 is 0 Å². The second-order valence-corrected chi connectivity index (χ2v) is 3.77. The Labute approximate surface area is 103 Å². The highest BCUT2D eigenvalue weighted by Crippen LogP contribution is 2.29. The molecule has 0 spiro atoms. The number of hydrogen-bond acceptors (Lipinski definition) is 2. The Balaban J connectivity index is 2.43. The fourth-order valence-corrected chi connectivity index (χ4v) is 1.58. The van der Waals surface area contributed by atoms with E-state index in [0.29, 0.717) is 11.3 Å². The van der Waals surface area contributed by atoms with Crippen molar-refractivity contribution in [2.24, 2.45) is 0 Å². The lowest BCUT2D eigenvalue weighted by molar-refractivity contribution is 0.464. The molecule has 18 heavy (non-hydrogen) atoms. The molecule has 0 aromatic heterocycles. The number of ether oxygens (including phenoxy) is 1. The van der Waals surface area contributed by atoms with E-state index in [2.05, 4.69) is 0 Å². The van der Waals surface area contributed by atoms with Crippen molar-refractivity contribution in [2.45, 2.75) is 6.92 Å². The van der Waals surface area contributed by atoms with Crippen LogP contribution in [0.3, 0.4) is 0 Å². The van der Waals surface area contributed by atoms with Crippen LogP contribution in [0.5, 0.6) is 11.5 Å². The van der Waals surface area contributed by atoms with E-state index in [1.165, 1.54) is 0 Å². The van der Waals surface area contributed by atoms with Crippen LogP contribution in [0, 0.1) is 29.9 Å². The van der Waals surface area contributed by atoms with Crippen LogP contribution < -0.4 is 4.74 Å². The normalized spacial score (nSPS) is 9.89. The molecule has 0 unspecified atom stereocenters. The van der Waals surface area contributed by atoms with Gasteiger partial charge in [-0.1, -0.05) is 12.1 Å². The largest absolute Gasteiger partial charge is 0.455 e. The van der Waals surface area contributed by atoms with Gasteiger partial charge in [0.25, 0.3) is 0 Å². The molecule has 0 heterocycles. The highest BCUT2D eigenvalue weighted by Gasteiger charge is 2.09. The van der Waals surface area contributed by atoms with E-state index in [9.17, 15) is 8.78 Å². The summed E-state index contributed by atoms with van der Waals surface area (Å²) in [5, 5.41) is 8.95. The van der Waals surface area contributed by atoms with Crippen molar-refractivity contribution < 1.29 is 13.5 Å². The van der Waals surface area contributed by atoms with E-state index in [-0.39, 0.29) is 5.75 Å². The SMILES string of the molecule is Cc1cccc(C#N)c1Oc1cc(F)cc(F)c1. The number of para-hydroxylation sites is 1. The number of nitriles is 1. The molecule has 0 amide bonds. The zero-order valence-corrected chi connectivity index (χ0v) is 9.58. The van der Waals surface area contributed by atoms with Gasteiger partial charge in [-0.15, -0.1) is 0 Å². The van der Waals surface area contributed by atoms with Crippen molar-refractivity contribution in [3.05, 3.63) is 59.2 Å². The van der Waals surface area contributed by atoms with Crippen LogP contribution in [-0.4, -0.2) is 0 Å². The molecule has 0 radical (unpaired) electrons. The van der Waals surface area contributed by atoms with E-state index in [1.807, 2.05) is 6.07 Å². The molecular formula is C14H9F2NO. The standard InChI is InChI=1S/C14H9F2NO/c1-9-3-2-4-10(8-17)14(9)18-13-6-11(15)5-12(16)7-13/h2-7H,1H3. The second-order valence-electron chi connectivity index (χ2n) is 3.77. The van der Waals surface area contributed by atoms with Crippen LogP contribution in [0.15, 0.2) is 36.4 Å². The van der Waals surface area contributed by atoms with Crippen molar-refractivity contribution in [3.63, 3.8) is 0 Å². The summed E-state index contributed by atoms with van der Waals surface area (Å²) in [5.74, 6) is -1.11. The molecular weight excluding hydrogens is 236 g/mol. The summed E-state index contributed by atoms with van der Waals surface area (Å²) in [4.78, 5) is 0. The molecule has 4 heteroatoms. The quantitative estimate of drug-likeness (QED) is 0.802. The molecule has 0 aliphatic carbocycles. The van der Waals surface area contributed by atoms with Crippen LogP contribution in [-0.2, 0) is 0 Å². The maximum absolute atomic E-state index is 13.0. The van der Waals surface area contributed by atoms with Crippen molar-refractivity contribution in [3.8, 4) is 17.6 Å². The molecule has 0 saturated carbocycles. The van der Waals surface area contributed by atoms with Crippen LogP contribution in [0.1, 0.15) is 11.1 Å². The van der Waals surface area contributed by atoms with Gasteiger partial charge in [-0.3, -0.25) is 0 Å². The highest BCUT2D eigenvalue weighted by molar-refractivity contribution is 5.49. The smallest absolute Gasteiger partial charge is 0.148 e. The van der Waals surface area contributed by atoms with Crippen LogP contribution in [0.2, 0.25) is 0 Å². The predicted molar refractivity (Wildman–Crippen MR) is 62.3 cm³/mol. The zero-order chi connectivity index (χ0) is 13.1. The third kappa shape index (κ3) is 2.46. The summed E-state index contributed by atoms with van der Waals surface area (Å²) in [6, 6.07) is 9.92. The fourth-order valence-electron chi connectivity index (χ4n) is 1.58. The first-order valence-corrected chi connectivity index (χ1v) is 5.24. The average Bonchev–Trinajstić information content (AvgIpc) is 2.30.